The summed E-state index contributed by atoms with van der Waals surface area (Å²) in [6.45, 7) is 8.79. The van der Waals surface area contributed by atoms with E-state index in [4.69, 9.17) is 0 Å². The van der Waals surface area contributed by atoms with E-state index in [1.165, 1.54) is 27.8 Å². The standard InChI is InChI=1S/C17H24N2S/c1-3-18-11-17-15(12-19(4-2)13-9-10-13)14-7-5-6-8-16(14)20-17/h5-8,13,18H,3-4,9-12H2,1-2H3. The molecular weight excluding hydrogens is 264 g/mol. The van der Waals surface area contributed by atoms with Gasteiger partial charge in [0.25, 0.3) is 0 Å². The predicted molar refractivity (Wildman–Crippen MR) is 88.3 cm³/mol. The molecule has 1 aromatic heterocycles. The van der Waals surface area contributed by atoms with Crippen molar-refractivity contribution in [3.05, 3.63) is 34.7 Å². The van der Waals surface area contributed by atoms with Crippen LogP contribution in [0.15, 0.2) is 24.3 Å². The van der Waals surface area contributed by atoms with Gasteiger partial charge in [-0.3, -0.25) is 4.90 Å². The molecule has 0 aliphatic heterocycles. The summed E-state index contributed by atoms with van der Waals surface area (Å²) in [5.74, 6) is 0. The molecule has 3 heteroatoms. The van der Waals surface area contributed by atoms with Crippen LogP contribution in [0.2, 0.25) is 0 Å². The van der Waals surface area contributed by atoms with Gasteiger partial charge in [-0.25, -0.2) is 0 Å². The van der Waals surface area contributed by atoms with E-state index in [-0.39, 0.29) is 0 Å². The lowest BCUT2D eigenvalue weighted by atomic mass is 10.1. The predicted octanol–water partition coefficient (Wildman–Crippen LogP) is 4.00. The Labute approximate surface area is 125 Å². The third-order valence-corrected chi connectivity index (χ3v) is 5.36. The van der Waals surface area contributed by atoms with Gasteiger partial charge in [0.1, 0.15) is 0 Å². The maximum atomic E-state index is 3.49. The van der Waals surface area contributed by atoms with E-state index in [0.717, 1.165) is 32.2 Å². The highest BCUT2D eigenvalue weighted by Crippen LogP contribution is 2.35. The van der Waals surface area contributed by atoms with Gasteiger partial charge in [0.2, 0.25) is 0 Å². The van der Waals surface area contributed by atoms with Crippen LogP contribution in [0.5, 0.6) is 0 Å². The van der Waals surface area contributed by atoms with Gasteiger partial charge in [0.05, 0.1) is 0 Å². The molecule has 1 saturated carbocycles. The number of rotatable bonds is 7. The number of thiophene rings is 1. The van der Waals surface area contributed by atoms with Crippen LogP contribution in [0.1, 0.15) is 37.1 Å². The van der Waals surface area contributed by atoms with Crippen LogP contribution < -0.4 is 5.32 Å². The first-order valence-corrected chi connectivity index (χ1v) is 8.59. The monoisotopic (exact) mass is 288 g/mol. The fourth-order valence-corrected chi connectivity index (χ4v) is 4.03. The Balaban J connectivity index is 1.92. The zero-order chi connectivity index (χ0) is 13.9. The first-order chi connectivity index (χ1) is 9.83. The molecule has 0 radical (unpaired) electrons. The number of benzene rings is 1. The van der Waals surface area contributed by atoms with Gasteiger partial charge in [-0.2, -0.15) is 0 Å². The largest absolute Gasteiger partial charge is 0.312 e. The third-order valence-electron chi connectivity index (χ3n) is 4.15. The van der Waals surface area contributed by atoms with Crippen molar-refractivity contribution in [2.75, 3.05) is 13.1 Å². The summed E-state index contributed by atoms with van der Waals surface area (Å²) in [4.78, 5) is 4.16. The van der Waals surface area contributed by atoms with E-state index >= 15 is 0 Å². The van der Waals surface area contributed by atoms with Crippen LogP contribution in [0.3, 0.4) is 0 Å². The summed E-state index contributed by atoms with van der Waals surface area (Å²) in [7, 11) is 0. The van der Waals surface area contributed by atoms with Gasteiger partial charge < -0.3 is 5.32 Å². The summed E-state index contributed by atoms with van der Waals surface area (Å²) in [6, 6.07) is 9.70. The molecule has 108 valence electrons. The third kappa shape index (κ3) is 2.90. The molecule has 1 fully saturated rings. The van der Waals surface area contributed by atoms with Crippen molar-refractivity contribution in [2.45, 2.75) is 45.8 Å². The van der Waals surface area contributed by atoms with E-state index in [1.54, 1.807) is 5.56 Å². The highest BCUT2D eigenvalue weighted by atomic mass is 32.1. The Morgan fingerprint density at radius 3 is 2.75 bits per heavy atom. The molecule has 0 spiro atoms. The van der Waals surface area contributed by atoms with Crippen molar-refractivity contribution in [1.29, 1.82) is 0 Å². The topological polar surface area (TPSA) is 15.3 Å². The molecule has 1 aliphatic carbocycles. The summed E-state index contributed by atoms with van der Waals surface area (Å²) in [5, 5.41) is 4.96. The highest BCUT2D eigenvalue weighted by Gasteiger charge is 2.28. The molecule has 1 aliphatic rings. The van der Waals surface area contributed by atoms with E-state index in [1.807, 2.05) is 11.3 Å². The van der Waals surface area contributed by atoms with E-state index in [2.05, 4.69) is 48.3 Å². The van der Waals surface area contributed by atoms with Crippen LogP contribution in [0.4, 0.5) is 0 Å². The molecule has 0 bridgehead atoms. The molecule has 0 amide bonds. The fourth-order valence-electron chi connectivity index (χ4n) is 2.85. The molecule has 1 aromatic carbocycles. The molecule has 0 saturated heterocycles. The van der Waals surface area contributed by atoms with E-state index < -0.39 is 0 Å². The molecule has 20 heavy (non-hydrogen) atoms. The zero-order valence-corrected chi connectivity index (χ0v) is 13.3. The fraction of sp³-hybridized carbons (Fsp3) is 0.529. The Kier molecular flexibility index (Phi) is 4.39. The van der Waals surface area contributed by atoms with Crippen molar-refractivity contribution < 1.29 is 0 Å². The molecule has 1 heterocycles. The second-order valence-corrected chi connectivity index (χ2v) is 6.71. The van der Waals surface area contributed by atoms with Crippen molar-refractivity contribution in [2.24, 2.45) is 0 Å². The Hall–Kier alpha value is -0.900. The maximum absolute atomic E-state index is 3.49. The van der Waals surface area contributed by atoms with E-state index in [9.17, 15) is 0 Å². The number of hydrogen-bond acceptors (Lipinski definition) is 3. The van der Waals surface area contributed by atoms with Gasteiger partial charge in [-0.1, -0.05) is 32.0 Å². The highest BCUT2D eigenvalue weighted by molar-refractivity contribution is 7.19. The van der Waals surface area contributed by atoms with Crippen molar-refractivity contribution in [1.82, 2.24) is 10.2 Å². The summed E-state index contributed by atoms with van der Waals surface area (Å²) in [5.41, 5.74) is 1.56. The molecule has 0 atom stereocenters. The van der Waals surface area contributed by atoms with Crippen molar-refractivity contribution >= 4 is 21.4 Å². The van der Waals surface area contributed by atoms with Gasteiger partial charge >= 0.3 is 0 Å². The van der Waals surface area contributed by atoms with Crippen molar-refractivity contribution in [3.8, 4) is 0 Å². The minimum Gasteiger partial charge on any atom is -0.312 e. The normalized spacial score (nSPS) is 15.3. The Morgan fingerprint density at radius 2 is 2.05 bits per heavy atom. The maximum Gasteiger partial charge on any atom is 0.0349 e. The van der Waals surface area contributed by atoms with E-state index in [0.29, 0.717) is 0 Å². The molecular formula is C17H24N2S. The van der Waals surface area contributed by atoms with Gasteiger partial charge in [0.15, 0.2) is 0 Å². The summed E-state index contributed by atoms with van der Waals surface area (Å²) < 4.78 is 1.43. The number of nitrogens with zero attached hydrogens (tertiary/aromatic N) is 1. The Bertz CT molecular complexity index is 571. The zero-order valence-electron chi connectivity index (χ0n) is 12.5. The number of nitrogens with one attached hydrogen (secondary N) is 1. The molecule has 3 rings (SSSR count). The molecule has 1 N–H and O–H groups in total. The quantitative estimate of drug-likeness (QED) is 0.828. The second kappa shape index (κ2) is 6.25. The average Bonchev–Trinajstić information content (AvgIpc) is 3.25. The smallest absolute Gasteiger partial charge is 0.0349 e. The lowest BCUT2D eigenvalue weighted by Gasteiger charge is -2.20. The Morgan fingerprint density at radius 1 is 1.25 bits per heavy atom. The number of hydrogen-bond donors (Lipinski definition) is 1. The van der Waals surface area contributed by atoms with Gasteiger partial charge in [0, 0.05) is 28.7 Å². The van der Waals surface area contributed by atoms with Gasteiger partial charge in [-0.15, -0.1) is 11.3 Å². The first-order valence-electron chi connectivity index (χ1n) is 7.77. The van der Waals surface area contributed by atoms with Crippen LogP contribution in [0, 0.1) is 0 Å². The summed E-state index contributed by atoms with van der Waals surface area (Å²) in [6.07, 6.45) is 2.77. The SMILES string of the molecule is CCNCc1sc2ccccc2c1CN(CC)C1CC1. The molecule has 0 unspecified atom stereocenters. The van der Waals surface area contributed by atoms with Crippen LogP contribution in [0.25, 0.3) is 10.1 Å². The van der Waals surface area contributed by atoms with Crippen LogP contribution >= 0.6 is 11.3 Å². The molecule has 2 aromatic rings. The van der Waals surface area contributed by atoms with Crippen molar-refractivity contribution in [3.63, 3.8) is 0 Å². The minimum absolute atomic E-state index is 0.839. The number of fused-ring (bicyclic) bond motifs is 1. The van der Waals surface area contributed by atoms with Crippen LogP contribution in [-0.2, 0) is 13.1 Å². The average molecular weight is 288 g/mol. The molecule has 2 nitrogen and oxygen atoms in total. The minimum atomic E-state index is 0.839. The lowest BCUT2D eigenvalue weighted by Crippen LogP contribution is -2.25. The lowest BCUT2D eigenvalue weighted by molar-refractivity contribution is 0.270. The second-order valence-electron chi connectivity index (χ2n) is 5.57. The summed E-state index contributed by atoms with van der Waals surface area (Å²) >= 11 is 1.96. The van der Waals surface area contributed by atoms with Gasteiger partial charge in [-0.05, 0) is 42.9 Å². The first kappa shape index (κ1) is 14.1. The van der Waals surface area contributed by atoms with Crippen LogP contribution in [-0.4, -0.2) is 24.0 Å².